The number of nitrogens with zero attached hydrogens (tertiary/aromatic N) is 2. The highest BCUT2D eigenvalue weighted by atomic mass is 16.5. The average molecular weight is 346 g/mol. The van der Waals surface area contributed by atoms with Gasteiger partial charge >= 0.3 is 0 Å². The van der Waals surface area contributed by atoms with E-state index < -0.39 is 31.1 Å². The Kier molecular flexibility index (Phi) is 4.66. The molecule has 0 unspecified atom stereocenters. The fourth-order valence-corrected chi connectivity index (χ4v) is 2.94. The Hall–Kier alpha value is -2.94. The van der Waals surface area contributed by atoms with Gasteiger partial charge in [0.1, 0.15) is 12.6 Å². The minimum Gasteiger partial charge on any atom is -0.548 e. The smallest absolute Gasteiger partial charge is 0.256 e. The van der Waals surface area contributed by atoms with E-state index in [0.717, 1.165) is 0 Å². The number of anilines is 1. The Morgan fingerprint density at radius 2 is 1.96 bits per heavy atom. The molecule has 9 nitrogen and oxygen atoms in total. The minimum atomic E-state index is -1.41. The number of carboxylic acid groups (broad SMARTS) is 1. The second-order valence-corrected chi connectivity index (χ2v) is 5.75. The molecule has 3 amide bonds. The largest absolute Gasteiger partial charge is 0.548 e. The zero-order chi connectivity index (χ0) is 18.0. The first-order chi connectivity index (χ1) is 12.0. The molecule has 1 aromatic carbocycles. The normalized spacial score (nSPS) is 19.6. The highest BCUT2D eigenvalue weighted by molar-refractivity contribution is 6.10. The third kappa shape index (κ3) is 3.45. The number of carboxylic acids is 1. The number of hydrogen-bond donors (Lipinski definition) is 1. The van der Waals surface area contributed by atoms with E-state index in [2.05, 4.69) is 5.32 Å². The third-order valence-corrected chi connectivity index (χ3v) is 4.16. The van der Waals surface area contributed by atoms with Crippen molar-refractivity contribution in [2.45, 2.75) is 6.04 Å². The Morgan fingerprint density at radius 1 is 1.20 bits per heavy atom. The molecule has 2 aliphatic heterocycles. The van der Waals surface area contributed by atoms with Crippen LogP contribution in [-0.4, -0.2) is 72.4 Å². The van der Waals surface area contributed by atoms with Crippen LogP contribution in [0.4, 0.5) is 5.69 Å². The van der Waals surface area contributed by atoms with E-state index in [1.165, 1.54) is 9.80 Å². The van der Waals surface area contributed by atoms with Gasteiger partial charge in [0, 0.05) is 13.1 Å². The van der Waals surface area contributed by atoms with Gasteiger partial charge in [0.05, 0.1) is 30.4 Å². The van der Waals surface area contributed by atoms with Crippen LogP contribution in [0, 0.1) is 0 Å². The molecule has 1 atom stereocenters. The summed E-state index contributed by atoms with van der Waals surface area (Å²) in [5.74, 6) is -2.49. The van der Waals surface area contributed by atoms with Crippen LogP contribution in [0.3, 0.4) is 0 Å². The number of fused-ring (bicyclic) bond motifs is 2. The molecule has 1 N–H and O–H groups in total. The number of amides is 3. The van der Waals surface area contributed by atoms with Crippen molar-refractivity contribution < 1.29 is 29.0 Å². The second-order valence-electron chi connectivity index (χ2n) is 5.75. The minimum absolute atomic E-state index is 0.0269. The van der Waals surface area contributed by atoms with Crippen LogP contribution in [0.2, 0.25) is 0 Å². The van der Waals surface area contributed by atoms with E-state index in [1.54, 1.807) is 24.3 Å². The van der Waals surface area contributed by atoms with Crippen molar-refractivity contribution >= 4 is 29.4 Å². The number of rotatable bonds is 4. The number of para-hydroxylation sites is 1. The molecule has 0 aromatic heterocycles. The van der Waals surface area contributed by atoms with Crippen molar-refractivity contribution in [3.8, 4) is 0 Å². The van der Waals surface area contributed by atoms with Gasteiger partial charge in [-0.3, -0.25) is 14.4 Å². The number of hydrogen-bond acceptors (Lipinski definition) is 6. The standard InChI is InChI=1S/C16H17N3O6/c20-13(8-25-9-14(21)22)18-5-6-19-12(7-18)15(23)17-11-4-2-1-3-10(11)16(19)24/h1-4,12H,5-9H2,(H,17,23)(H,21,22)/p-1/t12-/m1/s1. The van der Waals surface area contributed by atoms with Gasteiger partial charge in [-0.2, -0.15) is 0 Å². The van der Waals surface area contributed by atoms with E-state index >= 15 is 0 Å². The van der Waals surface area contributed by atoms with Crippen molar-refractivity contribution in [3.63, 3.8) is 0 Å². The number of carbonyl (C=O) groups is 4. The van der Waals surface area contributed by atoms with Crippen LogP contribution in [-0.2, 0) is 19.1 Å². The molecule has 2 heterocycles. The van der Waals surface area contributed by atoms with Gasteiger partial charge < -0.3 is 29.8 Å². The topological polar surface area (TPSA) is 119 Å². The monoisotopic (exact) mass is 346 g/mol. The van der Waals surface area contributed by atoms with Gasteiger partial charge in [-0.05, 0) is 12.1 Å². The third-order valence-electron chi connectivity index (χ3n) is 4.16. The summed E-state index contributed by atoms with van der Waals surface area (Å²) in [5.41, 5.74) is 0.859. The molecule has 132 valence electrons. The first-order valence-electron chi connectivity index (χ1n) is 7.73. The number of ether oxygens (including phenoxy) is 1. The van der Waals surface area contributed by atoms with E-state index in [9.17, 15) is 24.3 Å². The Labute approximate surface area is 143 Å². The molecular formula is C16H16N3O6-. The Morgan fingerprint density at radius 3 is 2.72 bits per heavy atom. The van der Waals surface area contributed by atoms with E-state index in [1.807, 2.05) is 0 Å². The van der Waals surface area contributed by atoms with Crippen molar-refractivity contribution in [1.29, 1.82) is 0 Å². The molecule has 1 saturated heterocycles. The lowest BCUT2D eigenvalue weighted by atomic mass is 10.1. The van der Waals surface area contributed by atoms with Gasteiger partial charge in [-0.15, -0.1) is 0 Å². The van der Waals surface area contributed by atoms with Crippen LogP contribution in [0.1, 0.15) is 10.4 Å². The molecule has 25 heavy (non-hydrogen) atoms. The van der Waals surface area contributed by atoms with Crippen LogP contribution in [0.15, 0.2) is 24.3 Å². The molecule has 1 fully saturated rings. The van der Waals surface area contributed by atoms with Crippen LogP contribution >= 0.6 is 0 Å². The highest BCUT2D eigenvalue weighted by Gasteiger charge is 2.40. The molecule has 0 aliphatic carbocycles. The zero-order valence-corrected chi connectivity index (χ0v) is 13.3. The second kappa shape index (κ2) is 6.89. The quantitative estimate of drug-likeness (QED) is 0.677. The number of carbonyl (C=O) groups excluding carboxylic acids is 4. The van der Waals surface area contributed by atoms with Crippen molar-refractivity contribution in [3.05, 3.63) is 29.8 Å². The zero-order valence-electron chi connectivity index (χ0n) is 13.3. The lowest BCUT2D eigenvalue weighted by Crippen LogP contribution is -2.60. The molecular weight excluding hydrogens is 330 g/mol. The lowest BCUT2D eigenvalue weighted by Gasteiger charge is -2.39. The first kappa shape index (κ1) is 16.9. The SMILES string of the molecule is O=C([O-])COCC(=O)N1CCN2C(=O)c3ccccc3NC(=O)[C@H]2C1. The maximum absolute atomic E-state index is 12.7. The van der Waals surface area contributed by atoms with Crippen LogP contribution in [0.25, 0.3) is 0 Å². The van der Waals surface area contributed by atoms with E-state index in [-0.39, 0.29) is 31.4 Å². The number of aliphatic carboxylic acids is 1. The fourth-order valence-electron chi connectivity index (χ4n) is 2.94. The van der Waals surface area contributed by atoms with Gasteiger partial charge in [-0.1, -0.05) is 12.1 Å². The molecule has 0 saturated carbocycles. The lowest BCUT2D eigenvalue weighted by molar-refractivity contribution is -0.309. The summed E-state index contributed by atoms with van der Waals surface area (Å²) in [6.07, 6.45) is 0. The molecule has 1 aromatic rings. The van der Waals surface area contributed by atoms with Gasteiger partial charge in [0.25, 0.3) is 5.91 Å². The maximum atomic E-state index is 12.7. The van der Waals surface area contributed by atoms with Crippen LogP contribution in [0.5, 0.6) is 0 Å². The number of piperazine rings is 1. The van der Waals surface area contributed by atoms with Crippen molar-refractivity contribution in [2.24, 2.45) is 0 Å². The number of nitrogens with one attached hydrogen (secondary N) is 1. The van der Waals surface area contributed by atoms with Gasteiger partial charge in [-0.25, -0.2) is 0 Å². The van der Waals surface area contributed by atoms with Gasteiger partial charge in [0.2, 0.25) is 11.8 Å². The number of benzene rings is 1. The average Bonchev–Trinajstić information content (AvgIpc) is 2.70. The molecule has 0 bridgehead atoms. The summed E-state index contributed by atoms with van der Waals surface area (Å²) in [6, 6.07) is 5.93. The Balaban J connectivity index is 1.71. The summed E-state index contributed by atoms with van der Waals surface area (Å²) < 4.78 is 4.74. The summed E-state index contributed by atoms with van der Waals surface area (Å²) >= 11 is 0. The molecule has 2 aliphatic rings. The summed E-state index contributed by atoms with van der Waals surface area (Å²) in [4.78, 5) is 50.4. The summed E-state index contributed by atoms with van der Waals surface area (Å²) in [6.45, 7) is -0.623. The summed E-state index contributed by atoms with van der Waals surface area (Å²) in [5, 5.41) is 13.0. The molecule has 0 spiro atoms. The predicted molar refractivity (Wildman–Crippen MR) is 82.3 cm³/mol. The maximum Gasteiger partial charge on any atom is 0.256 e. The highest BCUT2D eigenvalue weighted by Crippen LogP contribution is 2.25. The first-order valence-corrected chi connectivity index (χ1v) is 7.73. The van der Waals surface area contributed by atoms with Gasteiger partial charge in [0.15, 0.2) is 0 Å². The molecule has 3 rings (SSSR count). The van der Waals surface area contributed by atoms with Crippen molar-refractivity contribution in [1.82, 2.24) is 9.80 Å². The molecule has 9 heteroatoms. The fraction of sp³-hybridized carbons (Fsp3) is 0.375. The van der Waals surface area contributed by atoms with E-state index in [4.69, 9.17) is 4.74 Å². The Bertz CT molecular complexity index is 734. The predicted octanol–water partition coefficient (Wildman–Crippen LogP) is -1.94. The van der Waals surface area contributed by atoms with E-state index in [0.29, 0.717) is 11.3 Å². The summed E-state index contributed by atoms with van der Waals surface area (Å²) in [7, 11) is 0. The van der Waals surface area contributed by atoms with Crippen molar-refractivity contribution in [2.75, 3.05) is 38.2 Å². The molecule has 0 radical (unpaired) electrons. The van der Waals surface area contributed by atoms with Crippen LogP contribution < -0.4 is 10.4 Å².